The summed E-state index contributed by atoms with van der Waals surface area (Å²) in [6.07, 6.45) is 5.49. The largest absolute Gasteiger partial charge is 0.389 e. The fourth-order valence-electron chi connectivity index (χ4n) is 3.59. The molecule has 0 aliphatic heterocycles. The van der Waals surface area contributed by atoms with E-state index < -0.39 is 0 Å². The van der Waals surface area contributed by atoms with Gasteiger partial charge in [0.25, 0.3) is 0 Å². The molecule has 2 aliphatic rings. The zero-order chi connectivity index (χ0) is 11.9. The highest BCUT2D eigenvalue weighted by atomic mass is 16.3. The third-order valence-electron chi connectivity index (χ3n) is 4.99. The van der Waals surface area contributed by atoms with Crippen LogP contribution in [0.15, 0.2) is 24.3 Å². The van der Waals surface area contributed by atoms with Crippen LogP contribution in [0, 0.1) is 17.3 Å². The summed E-state index contributed by atoms with van der Waals surface area (Å²) in [4.78, 5) is 0. The normalized spacial score (nSPS) is 43.9. The first-order valence-electron chi connectivity index (χ1n) is 6.46. The Kier molecular flexibility index (Phi) is 3.00. The summed E-state index contributed by atoms with van der Waals surface area (Å²) >= 11 is 0. The molecule has 0 spiro atoms. The summed E-state index contributed by atoms with van der Waals surface area (Å²) in [5.74, 6) is 1.15. The minimum absolute atomic E-state index is 0.262. The summed E-state index contributed by atoms with van der Waals surface area (Å²) in [5.41, 5.74) is 2.78. The second-order valence-electron chi connectivity index (χ2n) is 6.15. The molecule has 0 aromatic heterocycles. The van der Waals surface area contributed by atoms with Crippen LogP contribution in [-0.4, -0.2) is 11.2 Å². The van der Waals surface area contributed by atoms with Crippen LogP contribution in [-0.2, 0) is 0 Å². The van der Waals surface area contributed by atoms with Crippen molar-refractivity contribution < 1.29 is 5.11 Å². The van der Waals surface area contributed by atoms with E-state index in [1.165, 1.54) is 18.4 Å². The smallest absolute Gasteiger partial charge is 0.0750 e. The van der Waals surface area contributed by atoms with Crippen molar-refractivity contribution in [3.63, 3.8) is 0 Å². The van der Waals surface area contributed by atoms with Crippen molar-refractivity contribution in [1.29, 1.82) is 0 Å². The summed E-state index contributed by atoms with van der Waals surface area (Å²) in [6.45, 7) is 12.7. The molecule has 2 aliphatic carbocycles. The third kappa shape index (κ3) is 1.86. The molecule has 2 saturated carbocycles. The van der Waals surface area contributed by atoms with Gasteiger partial charge >= 0.3 is 0 Å². The molecule has 4 atom stereocenters. The molecule has 2 rings (SSSR count). The van der Waals surface area contributed by atoms with Crippen molar-refractivity contribution in [2.75, 3.05) is 0 Å². The van der Waals surface area contributed by atoms with Crippen LogP contribution in [0.25, 0.3) is 0 Å². The molecule has 1 nitrogen and oxygen atoms in total. The average Bonchev–Trinajstić information content (AvgIpc) is 2.24. The third-order valence-corrected chi connectivity index (χ3v) is 4.99. The van der Waals surface area contributed by atoms with Crippen LogP contribution in [0.5, 0.6) is 0 Å². The second kappa shape index (κ2) is 4.03. The molecule has 1 N–H and O–H groups in total. The molecule has 0 aromatic carbocycles. The Morgan fingerprint density at radius 3 is 2.62 bits per heavy atom. The minimum Gasteiger partial charge on any atom is -0.389 e. The van der Waals surface area contributed by atoms with Gasteiger partial charge < -0.3 is 5.11 Å². The highest BCUT2D eigenvalue weighted by Crippen LogP contribution is 2.54. The van der Waals surface area contributed by atoms with Crippen molar-refractivity contribution >= 4 is 0 Å². The van der Waals surface area contributed by atoms with Gasteiger partial charge in [0.15, 0.2) is 0 Å². The zero-order valence-electron chi connectivity index (χ0n) is 10.6. The number of hydrogen-bond donors (Lipinski definition) is 1. The summed E-state index contributed by atoms with van der Waals surface area (Å²) in [7, 11) is 0. The maximum absolute atomic E-state index is 9.93. The van der Waals surface area contributed by atoms with E-state index in [4.69, 9.17) is 0 Å². The van der Waals surface area contributed by atoms with Gasteiger partial charge in [0.1, 0.15) is 0 Å². The standard InChI is InChI=1S/C15H24O/c1-10(2)12-5-7-15(4)8-6-14(16)11(3)13(15)9-12/h12-14,16H,1,3,5-9H2,2,4H3/t12-,13+,14-,15+/m1/s1. The molecule has 0 saturated heterocycles. The molecule has 0 bridgehead atoms. The van der Waals surface area contributed by atoms with Gasteiger partial charge in [0, 0.05) is 0 Å². The number of aliphatic hydroxyl groups is 1. The quantitative estimate of drug-likeness (QED) is 0.668. The Labute approximate surface area is 99.3 Å². The van der Waals surface area contributed by atoms with Gasteiger partial charge in [-0.25, -0.2) is 0 Å². The lowest BCUT2D eigenvalue weighted by atomic mass is 9.56. The van der Waals surface area contributed by atoms with Gasteiger partial charge in [0.05, 0.1) is 6.10 Å². The van der Waals surface area contributed by atoms with Crippen LogP contribution in [0.1, 0.15) is 46.0 Å². The SMILES string of the molecule is C=C(C)[C@@H]1CC[C@@]2(C)CC[C@@H](O)C(=C)[C@@H]2C1. The maximum atomic E-state index is 9.93. The van der Waals surface area contributed by atoms with Crippen molar-refractivity contribution in [3.05, 3.63) is 24.3 Å². The molecule has 16 heavy (non-hydrogen) atoms. The fraction of sp³-hybridized carbons (Fsp3) is 0.733. The number of allylic oxidation sites excluding steroid dienone is 1. The van der Waals surface area contributed by atoms with Crippen LogP contribution >= 0.6 is 0 Å². The molecule has 0 aromatic rings. The van der Waals surface area contributed by atoms with E-state index in [-0.39, 0.29) is 6.10 Å². The van der Waals surface area contributed by atoms with E-state index in [2.05, 4.69) is 27.0 Å². The van der Waals surface area contributed by atoms with E-state index in [0.29, 0.717) is 17.3 Å². The van der Waals surface area contributed by atoms with Gasteiger partial charge in [-0.2, -0.15) is 0 Å². The first-order valence-corrected chi connectivity index (χ1v) is 6.46. The lowest BCUT2D eigenvalue weighted by Crippen LogP contribution is -2.42. The predicted octanol–water partition coefficient (Wildman–Crippen LogP) is 3.70. The van der Waals surface area contributed by atoms with Crippen LogP contribution in [0.3, 0.4) is 0 Å². The molecule has 90 valence electrons. The average molecular weight is 220 g/mol. The molecule has 0 radical (unpaired) electrons. The Hall–Kier alpha value is -0.560. The Morgan fingerprint density at radius 1 is 1.38 bits per heavy atom. The van der Waals surface area contributed by atoms with Gasteiger partial charge in [-0.05, 0) is 61.9 Å². The minimum atomic E-state index is -0.262. The van der Waals surface area contributed by atoms with E-state index >= 15 is 0 Å². The summed E-state index contributed by atoms with van der Waals surface area (Å²) < 4.78 is 0. The number of fused-ring (bicyclic) bond motifs is 1. The monoisotopic (exact) mass is 220 g/mol. The fourth-order valence-corrected chi connectivity index (χ4v) is 3.59. The van der Waals surface area contributed by atoms with Crippen LogP contribution in [0.4, 0.5) is 0 Å². The van der Waals surface area contributed by atoms with E-state index in [1.807, 2.05) is 0 Å². The van der Waals surface area contributed by atoms with Crippen LogP contribution < -0.4 is 0 Å². The molecule has 1 heteroatoms. The second-order valence-corrected chi connectivity index (χ2v) is 6.15. The van der Waals surface area contributed by atoms with Crippen molar-refractivity contribution in [3.8, 4) is 0 Å². The Bertz CT molecular complexity index is 317. The summed E-state index contributed by atoms with van der Waals surface area (Å²) in [5, 5.41) is 9.93. The first-order chi connectivity index (χ1) is 7.44. The lowest BCUT2D eigenvalue weighted by molar-refractivity contribution is 0.0318. The van der Waals surface area contributed by atoms with E-state index in [0.717, 1.165) is 24.8 Å². The molecule has 0 amide bonds. The molecule has 2 fully saturated rings. The van der Waals surface area contributed by atoms with E-state index in [9.17, 15) is 5.11 Å². The van der Waals surface area contributed by atoms with Crippen molar-refractivity contribution in [2.45, 2.75) is 52.1 Å². The van der Waals surface area contributed by atoms with Gasteiger partial charge in [-0.3, -0.25) is 0 Å². The van der Waals surface area contributed by atoms with Crippen LogP contribution in [0.2, 0.25) is 0 Å². The van der Waals surface area contributed by atoms with Gasteiger partial charge in [-0.1, -0.05) is 25.7 Å². The molecule has 0 heterocycles. The Balaban J connectivity index is 2.19. The molecular formula is C15H24O. The highest BCUT2D eigenvalue weighted by Gasteiger charge is 2.45. The predicted molar refractivity (Wildman–Crippen MR) is 68.1 cm³/mol. The van der Waals surface area contributed by atoms with Gasteiger partial charge in [0.2, 0.25) is 0 Å². The zero-order valence-corrected chi connectivity index (χ0v) is 10.6. The lowest BCUT2D eigenvalue weighted by Gasteiger charge is -2.50. The van der Waals surface area contributed by atoms with Gasteiger partial charge in [-0.15, -0.1) is 0 Å². The number of rotatable bonds is 1. The van der Waals surface area contributed by atoms with Crippen molar-refractivity contribution in [2.24, 2.45) is 17.3 Å². The summed E-state index contributed by atoms with van der Waals surface area (Å²) in [6, 6.07) is 0. The molecule has 0 unspecified atom stereocenters. The maximum Gasteiger partial charge on any atom is 0.0750 e. The Morgan fingerprint density at radius 2 is 2.00 bits per heavy atom. The highest BCUT2D eigenvalue weighted by molar-refractivity contribution is 5.18. The number of hydrogen-bond acceptors (Lipinski definition) is 1. The first kappa shape index (κ1) is 11.9. The van der Waals surface area contributed by atoms with Crippen molar-refractivity contribution in [1.82, 2.24) is 0 Å². The van der Waals surface area contributed by atoms with E-state index in [1.54, 1.807) is 0 Å². The molecular weight excluding hydrogens is 196 g/mol. The number of aliphatic hydroxyl groups excluding tert-OH is 1. The topological polar surface area (TPSA) is 20.2 Å².